The quantitative estimate of drug-likeness (QED) is 0.357. The molecule has 0 spiro atoms. The highest BCUT2D eigenvalue weighted by Gasteiger charge is 2.23. The maximum atomic E-state index is 5.29. The normalized spacial score (nSPS) is 13.4. The monoisotopic (exact) mass is 423 g/mol. The number of methoxy groups -OCH3 is 1. The molecule has 0 bridgehead atoms. The number of H-pyrrole nitrogens is 1. The Balaban J connectivity index is 1.38. The number of hydrogen-bond donors (Lipinski definition) is 3. The molecule has 0 unspecified atom stereocenters. The third-order valence-electron chi connectivity index (χ3n) is 5.60. The minimum absolute atomic E-state index is 0.469. The first-order chi connectivity index (χ1) is 15.8. The van der Waals surface area contributed by atoms with E-state index in [0.717, 1.165) is 57.6 Å². The Morgan fingerprint density at radius 2 is 1.88 bits per heavy atom. The van der Waals surface area contributed by atoms with E-state index in [1.54, 1.807) is 13.4 Å². The van der Waals surface area contributed by atoms with Crippen molar-refractivity contribution in [3.63, 3.8) is 0 Å². The van der Waals surface area contributed by atoms with Gasteiger partial charge in [-0.25, -0.2) is 4.98 Å². The van der Waals surface area contributed by atoms with E-state index in [-0.39, 0.29) is 0 Å². The molecule has 3 aromatic heterocycles. The van der Waals surface area contributed by atoms with E-state index in [1.165, 1.54) is 0 Å². The molecule has 2 aromatic carbocycles. The molecular weight excluding hydrogens is 402 g/mol. The molecule has 8 nitrogen and oxygen atoms in total. The number of rotatable bonds is 6. The average molecular weight is 423 g/mol. The number of imidazole rings is 1. The van der Waals surface area contributed by atoms with Crippen molar-refractivity contribution in [2.45, 2.75) is 18.9 Å². The molecule has 8 heteroatoms. The molecule has 3 heterocycles. The van der Waals surface area contributed by atoms with Crippen LogP contribution < -0.4 is 15.4 Å². The van der Waals surface area contributed by atoms with Gasteiger partial charge in [0.15, 0.2) is 11.5 Å². The molecule has 1 saturated carbocycles. The van der Waals surface area contributed by atoms with Crippen LogP contribution in [0.1, 0.15) is 12.8 Å². The summed E-state index contributed by atoms with van der Waals surface area (Å²) in [5, 5.41) is 7.84. The Morgan fingerprint density at radius 3 is 2.69 bits per heavy atom. The Labute approximate surface area is 184 Å². The lowest BCUT2D eigenvalue weighted by Gasteiger charge is -2.11. The molecule has 32 heavy (non-hydrogen) atoms. The van der Waals surface area contributed by atoms with Crippen molar-refractivity contribution in [1.29, 1.82) is 0 Å². The fourth-order valence-electron chi connectivity index (χ4n) is 3.79. The standard InChI is InChI=1S/C24H21N7O/c1-32-17-7-2-14(3-8-17)18-10-11-25-20-9-6-16(12-19(18)20)29-24-30-22-21(26-13-27-22)23(31-24)28-15-4-5-15/h2-3,6-13,15H,4-5H2,1H3,(H3,26,27,28,29,30,31). The van der Waals surface area contributed by atoms with Gasteiger partial charge < -0.3 is 20.4 Å². The highest BCUT2D eigenvalue weighted by molar-refractivity contribution is 5.96. The van der Waals surface area contributed by atoms with Crippen LogP contribution in [0.25, 0.3) is 33.2 Å². The minimum Gasteiger partial charge on any atom is -0.497 e. The fraction of sp³-hybridized carbons (Fsp3) is 0.167. The van der Waals surface area contributed by atoms with E-state index in [0.29, 0.717) is 17.6 Å². The molecule has 5 aromatic rings. The average Bonchev–Trinajstić information content (AvgIpc) is 3.51. The van der Waals surface area contributed by atoms with E-state index in [2.05, 4.69) is 53.8 Å². The third kappa shape index (κ3) is 3.45. The third-order valence-corrected chi connectivity index (χ3v) is 5.60. The van der Waals surface area contributed by atoms with Crippen LogP contribution in [0, 0.1) is 0 Å². The van der Waals surface area contributed by atoms with E-state index in [4.69, 9.17) is 4.74 Å². The van der Waals surface area contributed by atoms with Gasteiger partial charge in [0.1, 0.15) is 11.3 Å². The van der Waals surface area contributed by atoms with Crippen molar-refractivity contribution in [2.24, 2.45) is 0 Å². The number of fused-ring (bicyclic) bond motifs is 2. The molecule has 0 aliphatic heterocycles. The summed E-state index contributed by atoms with van der Waals surface area (Å²) in [6.45, 7) is 0. The van der Waals surface area contributed by atoms with Crippen molar-refractivity contribution in [3.05, 3.63) is 61.1 Å². The maximum Gasteiger partial charge on any atom is 0.231 e. The highest BCUT2D eigenvalue weighted by atomic mass is 16.5. The fourth-order valence-corrected chi connectivity index (χ4v) is 3.79. The predicted molar refractivity (Wildman–Crippen MR) is 125 cm³/mol. The maximum absolute atomic E-state index is 5.29. The molecule has 3 N–H and O–H groups in total. The second kappa shape index (κ2) is 7.49. The summed E-state index contributed by atoms with van der Waals surface area (Å²) in [6, 6.07) is 16.6. The molecule has 6 rings (SSSR count). The van der Waals surface area contributed by atoms with E-state index in [1.807, 2.05) is 36.5 Å². The molecule has 0 amide bonds. The lowest BCUT2D eigenvalue weighted by Crippen LogP contribution is -2.07. The Kier molecular flexibility index (Phi) is 4.34. The smallest absolute Gasteiger partial charge is 0.231 e. The number of nitrogens with one attached hydrogen (secondary N) is 3. The van der Waals surface area contributed by atoms with Crippen LogP contribution in [-0.4, -0.2) is 38.1 Å². The molecule has 1 aliphatic carbocycles. The molecule has 1 aliphatic rings. The summed E-state index contributed by atoms with van der Waals surface area (Å²) in [4.78, 5) is 21.2. The van der Waals surface area contributed by atoms with Gasteiger partial charge in [0.2, 0.25) is 5.95 Å². The van der Waals surface area contributed by atoms with Crippen LogP contribution in [0.5, 0.6) is 5.75 Å². The van der Waals surface area contributed by atoms with Gasteiger partial charge in [0.05, 0.1) is 19.0 Å². The number of aromatic nitrogens is 5. The highest BCUT2D eigenvalue weighted by Crippen LogP contribution is 2.32. The Bertz CT molecular complexity index is 1420. The summed E-state index contributed by atoms with van der Waals surface area (Å²) < 4.78 is 5.29. The Morgan fingerprint density at radius 1 is 1.00 bits per heavy atom. The number of hydrogen-bond acceptors (Lipinski definition) is 7. The summed E-state index contributed by atoms with van der Waals surface area (Å²) in [5.74, 6) is 2.10. The van der Waals surface area contributed by atoms with Crippen molar-refractivity contribution in [2.75, 3.05) is 17.7 Å². The van der Waals surface area contributed by atoms with Crippen LogP contribution in [0.3, 0.4) is 0 Å². The molecule has 1 fully saturated rings. The number of anilines is 3. The lowest BCUT2D eigenvalue weighted by atomic mass is 10.0. The first-order valence-corrected chi connectivity index (χ1v) is 10.5. The van der Waals surface area contributed by atoms with Crippen LogP contribution in [0.4, 0.5) is 17.5 Å². The topological polar surface area (TPSA) is 101 Å². The van der Waals surface area contributed by atoms with Gasteiger partial charge in [-0.1, -0.05) is 12.1 Å². The van der Waals surface area contributed by atoms with Crippen LogP contribution in [0.2, 0.25) is 0 Å². The largest absolute Gasteiger partial charge is 0.497 e. The molecule has 0 saturated heterocycles. The summed E-state index contributed by atoms with van der Waals surface area (Å²) in [6.07, 6.45) is 5.79. The van der Waals surface area contributed by atoms with Crippen molar-refractivity contribution in [3.8, 4) is 16.9 Å². The zero-order valence-corrected chi connectivity index (χ0v) is 17.5. The minimum atomic E-state index is 0.469. The van der Waals surface area contributed by atoms with Crippen molar-refractivity contribution >= 4 is 39.5 Å². The number of benzene rings is 2. The van der Waals surface area contributed by atoms with Crippen molar-refractivity contribution in [1.82, 2.24) is 24.9 Å². The summed E-state index contributed by atoms with van der Waals surface area (Å²) >= 11 is 0. The first kappa shape index (κ1) is 18.6. The van der Waals surface area contributed by atoms with Gasteiger partial charge in [-0.15, -0.1) is 0 Å². The molecule has 158 valence electrons. The number of nitrogens with zero attached hydrogens (tertiary/aromatic N) is 4. The summed E-state index contributed by atoms with van der Waals surface area (Å²) in [7, 11) is 1.67. The SMILES string of the molecule is COc1ccc(-c2ccnc3ccc(Nc4nc(NC5CC5)c5nc[nH]c5n4)cc23)cc1. The first-order valence-electron chi connectivity index (χ1n) is 10.5. The number of pyridine rings is 1. The molecular formula is C24H21N7O. The predicted octanol–water partition coefficient (Wildman–Crippen LogP) is 4.89. The second-order valence-corrected chi connectivity index (χ2v) is 7.86. The van der Waals surface area contributed by atoms with Crippen molar-refractivity contribution < 1.29 is 4.74 Å². The van der Waals surface area contributed by atoms with Gasteiger partial charge in [0, 0.05) is 23.3 Å². The number of ether oxygens (including phenoxy) is 1. The van der Waals surface area contributed by atoms with Gasteiger partial charge in [0.25, 0.3) is 0 Å². The lowest BCUT2D eigenvalue weighted by molar-refractivity contribution is 0.415. The van der Waals surface area contributed by atoms with Gasteiger partial charge >= 0.3 is 0 Å². The van der Waals surface area contributed by atoms with Gasteiger partial charge in [-0.05, 0) is 60.4 Å². The van der Waals surface area contributed by atoms with Crippen LogP contribution in [-0.2, 0) is 0 Å². The number of aromatic amines is 1. The zero-order chi connectivity index (χ0) is 21.5. The summed E-state index contributed by atoms with van der Waals surface area (Å²) in [5.41, 5.74) is 5.46. The van der Waals surface area contributed by atoms with Gasteiger partial charge in [-0.3, -0.25) is 4.98 Å². The zero-order valence-electron chi connectivity index (χ0n) is 17.5. The van der Waals surface area contributed by atoms with E-state index >= 15 is 0 Å². The molecule has 0 atom stereocenters. The molecule has 0 radical (unpaired) electrons. The van der Waals surface area contributed by atoms with E-state index in [9.17, 15) is 0 Å². The van der Waals surface area contributed by atoms with Crippen LogP contribution >= 0.6 is 0 Å². The van der Waals surface area contributed by atoms with Gasteiger partial charge in [-0.2, -0.15) is 9.97 Å². The second-order valence-electron chi connectivity index (χ2n) is 7.86. The van der Waals surface area contributed by atoms with E-state index < -0.39 is 0 Å². The Hall–Kier alpha value is -4.20. The van der Waals surface area contributed by atoms with Crippen LogP contribution in [0.15, 0.2) is 61.1 Å².